The van der Waals surface area contributed by atoms with Crippen LogP contribution in [0.1, 0.15) is 37.4 Å². The van der Waals surface area contributed by atoms with E-state index in [1.54, 1.807) is 0 Å². The van der Waals surface area contributed by atoms with Gasteiger partial charge in [-0.2, -0.15) is 0 Å². The maximum absolute atomic E-state index is 13.0. The second-order valence-corrected chi connectivity index (χ2v) is 9.45. The molecule has 3 aromatic carbocycles. The van der Waals surface area contributed by atoms with Crippen molar-refractivity contribution in [1.82, 2.24) is 5.32 Å². The van der Waals surface area contributed by atoms with Gasteiger partial charge in [0.1, 0.15) is 6.61 Å². The van der Waals surface area contributed by atoms with Crippen molar-refractivity contribution in [2.45, 2.75) is 32.9 Å². The second kappa shape index (κ2) is 10.6. The van der Waals surface area contributed by atoms with E-state index in [9.17, 15) is 19.7 Å². The average molecular weight is 488 g/mol. The molecule has 0 saturated heterocycles. The average Bonchev–Trinajstić information content (AvgIpc) is 3.59. The van der Waals surface area contributed by atoms with Crippen LogP contribution in [0.15, 0.2) is 84.9 Å². The Bertz CT molecular complexity index is 1220. The lowest BCUT2D eigenvalue weighted by Gasteiger charge is -2.28. The highest BCUT2D eigenvalue weighted by molar-refractivity contribution is 5.93. The quantitative estimate of drug-likeness (QED) is 0.290. The highest BCUT2D eigenvalue weighted by Gasteiger charge is 2.59. The van der Waals surface area contributed by atoms with Crippen LogP contribution in [0.4, 0.5) is 16.2 Å². The molecule has 8 heteroatoms. The van der Waals surface area contributed by atoms with Gasteiger partial charge < -0.3 is 15.4 Å². The third kappa shape index (κ3) is 5.71. The van der Waals surface area contributed by atoms with Gasteiger partial charge in [0.25, 0.3) is 5.69 Å². The molecule has 1 aliphatic carbocycles. The third-order valence-electron chi connectivity index (χ3n) is 6.98. The normalized spacial score (nSPS) is 20.0. The molecule has 0 unspecified atom stereocenters. The summed E-state index contributed by atoms with van der Waals surface area (Å²) in [6, 6.07) is 24.6. The molecule has 0 heterocycles. The van der Waals surface area contributed by atoms with Crippen LogP contribution in [0.2, 0.25) is 0 Å². The van der Waals surface area contributed by atoms with Crippen molar-refractivity contribution in [3.63, 3.8) is 0 Å². The van der Waals surface area contributed by atoms with Crippen LogP contribution < -0.4 is 10.6 Å². The highest BCUT2D eigenvalue weighted by atomic mass is 16.6. The Morgan fingerprint density at radius 2 is 1.64 bits per heavy atom. The first-order valence-corrected chi connectivity index (χ1v) is 11.9. The molecule has 0 radical (unpaired) electrons. The highest BCUT2D eigenvalue weighted by Crippen LogP contribution is 2.63. The molecule has 4 rings (SSSR count). The molecule has 0 aliphatic heterocycles. The number of non-ortho nitro benzene ring substituents is 1. The summed E-state index contributed by atoms with van der Waals surface area (Å²) >= 11 is 0. The van der Waals surface area contributed by atoms with Crippen molar-refractivity contribution < 1.29 is 19.2 Å². The number of hydrogen-bond donors (Lipinski definition) is 2. The Balaban J connectivity index is 1.43. The lowest BCUT2D eigenvalue weighted by molar-refractivity contribution is -0.384. The lowest BCUT2D eigenvalue weighted by Crippen LogP contribution is -2.36. The van der Waals surface area contributed by atoms with E-state index in [0.29, 0.717) is 5.69 Å². The van der Waals surface area contributed by atoms with Gasteiger partial charge in [0.05, 0.1) is 11.0 Å². The number of ether oxygens (including phenoxy) is 1. The molecule has 4 atom stereocenters. The first-order valence-electron chi connectivity index (χ1n) is 11.9. The Labute approximate surface area is 209 Å². The number of anilines is 1. The van der Waals surface area contributed by atoms with Gasteiger partial charge in [0.2, 0.25) is 5.91 Å². The molecule has 3 aromatic rings. The third-order valence-corrected chi connectivity index (χ3v) is 6.98. The molecule has 1 saturated carbocycles. The van der Waals surface area contributed by atoms with Gasteiger partial charge in [-0.1, -0.05) is 74.5 Å². The first kappa shape index (κ1) is 24.9. The summed E-state index contributed by atoms with van der Waals surface area (Å²) in [4.78, 5) is 36.1. The van der Waals surface area contributed by atoms with Crippen molar-refractivity contribution in [3.8, 4) is 0 Å². The van der Waals surface area contributed by atoms with Crippen LogP contribution in [0.5, 0.6) is 0 Å². The molecule has 186 valence electrons. The second-order valence-electron chi connectivity index (χ2n) is 9.45. The van der Waals surface area contributed by atoms with Crippen molar-refractivity contribution in [1.29, 1.82) is 0 Å². The van der Waals surface area contributed by atoms with Crippen LogP contribution in [-0.2, 0) is 16.1 Å². The van der Waals surface area contributed by atoms with E-state index in [0.717, 1.165) is 17.5 Å². The fraction of sp³-hybridized carbons (Fsp3) is 0.286. The van der Waals surface area contributed by atoms with Crippen molar-refractivity contribution in [3.05, 3.63) is 106 Å². The number of nitrogens with one attached hydrogen (secondary N) is 2. The standard InChI is InChI=1S/C28H29N3O5/c1-19(26(32)29-22-13-15-23(16-14-22)31(34)35)24-17-28(24,2)25(21-11-7-4-8-12-21)30-27(33)36-18-20-9-5-3-6-10-20/h3-16,19,24-25H,17-18H2,1-2H3,(H,29,32)(H,30,33)/t19-,24+,25+,28-/m1/s1. The van der Waals surface area contributed by atoms with E-state index in [1.165, 1.54) is 24.3 Å². The summed E-state index contributed by atoms with van der Waals surface area (Å²) < 4.78 is 5.47. The number of hydrogen-bond acceptors (Lipinski definition) is 5. The summed E-state index contributed by atoms with van der Waals surface area (Å²) in [7, 11) is 0. The van der Waals surface area contributed by atoms with E-state index < -0.39 is 11.0 Å². The molecule has 36 heavy (non-hydrogen) atoms. The van der Waals surface area contributed by atoms with Gasteiger partial charge in [0, 0.05) is 23.7 Å². The van der Waals surface area contributed by atoms with Crippen molar-refractivity contribution in [2.24, 2.45) is 17.3 Å². The number of nitrogens with zero attached hydrogens (tertiary/aromatic N) is 1. The molecular formula is C28H29N3O5. The van der Waals surface area contributed by atoms with Crippen LogP contribution in [0, 0.1) is 27.4 Å². The number of carbonyl (C=O) groups excluding carboxylic acids is 2. The van der Waals surface area contributed by atoms with Gasteiger partial charge in [-0.05, 0) is 41.0 Å². The molecule has 1 aliphatic rings. The fourth-order valence-electron chi connectivity index (χ4n) is 4.76. The van der Waals surface area contributed by atoms with Gasteiger partial charge in [-0.15, -0.1) is 0 Å². The Morgan fingerprint density at radius 3 is 2.25 bits per heavy atom. The zero-order valence-electron chi connectivity index (χ0n) is 20.2. The molecular weight excluding hydrogens is 458 g/mol. The van der Waals surface area contributed by atoms with E-state index in [-0.39, 0.29) is 41.5 Å². The lowest BCUT2D eigenvalue weighted by atomic mass is 9.86. The summed E-state index contributed by atoms with van der Waals surface area (Å²) in [6.07, 6.45) is 0.239. The van der Waals surface area contributed by atoms with Gasteiger partial charge in [-0.25, -0.2) is 4.79 Å². The van der Waals surface area contributed by atoms with Crippen LogP contribution >= 0.6 is 0 Å². The number of alkyl carbamates (subject to hydrolysis) is 1. The molecule has 0 bridgehead atoms. The topological polar surface area (TPSA) is 111 Å². The van der Waals surface area contributed by atoms with Gasteiger partial charge in [0.15, 0.2) is 0 Å². The minimum atomic E-state index is -0.512. The molecule has 1 fully saturated rings. The zero-order chi connectivity index (χ0) is 25.7. The van der Waals surface area contributed by atoms with Crippen LogP contribution in [0.25, 0.3) is 0 Å². The van der Waals surface area contributed by atoms with Crippen LogP contribution in [-0.4, -0.2) is 16.9 Å². The SMILES string of the molecule is C[C@@H](C(=O)Nc1ccc([N+](=O)[O-])cc1)[C@@H]1C[C@@]1(C)[C@@H](NC(=O)OCc1ccccc1)c1ccccc1. The van der Waals surface area contributed by atoms with E-state index in [1.807, 2.05) is 67.6 Å². The predicted octanol–water partition coefficient (Wildman–Crippen LogP) is 5.86. The maximum Gasteiger partial charge on any atom is 0.407 e. The predicted molar refractivity (Wildman–Crippen MR) is 136 cm³/mol. The van der Waals surface area contributed by atoms with Crippen LogP contribution in [0.3, 0.4) is 0 Å². The zero-order valence-corrected chi connectivity index (χ0v) is 20.2. The molecule has 0 spiro atoms. The summed E-state index contributed by atoms with van der Waals surface area (Å²) in [5.41, 5.74) is 1.96. The van der Waals surface area contributed by atoms with Gasteiger partial charge >= 0.3 is 6.09 Å². The largest absolute Gasteiger partial charge is 0.445 e. The maximum atomic E-state index is 13.0. The molecule has 8 nitrogen and oxygen atoms in total. The summed E-state index contributed by atoms with van der Waals surface area (Å²) in [6.45, 7) is 4.11. The van der Waals surface area contributed by atoms with E-state index in [4.69, 9.17) is 4.74 Å². The number of carbonyl (C=O) groups is 2. The summed E-state index contributed by atoms with van der Waals surface area (Å²) in [5, 5.41) is 16.8. The van der Waals surface area contributed by atoms with E-state index in [2.05, 4.69) is 17.6 Å². The van der Waals surface area contributed by atoms with Crippen molar-refractivity contribution >= 4 is 23.4 Å². The van der Waals surface area contributed by atoms with Gasteiger partial charge in [-0.3, -0.25) is 14.9 Å². The Hall–Kier alpha value is -4.20. The Morgan fingerprint density at radius 1 is 1.03 bits per heavy atom. The summed E-state index contributed by atoms with van der Waals surface area (Å²) in [5.74, 6) is -0.482. The minimum absolute atomic E-state index is 0.0233. The van der Waals surface area contributed by atoms with Crippen molar-refractivity contribution in [2.75, 3.05) is 5.32 Å². The fourth-order valence-corrected chi connectivity index (χ4v) is 4.76. The Kier molecular flexibility index (Phi) is 7.33. The smallest absolute Gasteiger partial charge is 0.407 e. The molecule has 0 aromatic heterocycles. The number of nitro benzene ring substituents is 1. The number of nitro groups is 1. The number of benzene rings is 3. The number of rotatable bonds is 9. The number of amides is 2. The molecule has 2 amide bonds. The molecule has 2 N–H and O–H groups in total. The van der Waals surface area contributed by atoms with E-state index >= 15 is 0 Å². The monoisotopic (exact) mass is 487 g/mol. The first-order chi connectivity index (χ1) is 17.3. The minimum Gasteiger partial charge on any atom is -0.445 e.